The zero-order valence-electron chi connectivity index (χ0n) is 15.6. The number of hydrogen-bond donors (Lipinski definition) is 1. The summed E-state index contributed by atoms with van der Waals surface area (Å²) in [5.41, 5.74) is 2.35. The standard InChI is InChI=1S/C21H27N3O2/c1-17(18-8-4-3-5-9-18)22-16-21(25)24-14-12-23(13-15-24)19-10-6-7-11-20(19)26-2/h3-11,17,22H,12-16H2,1-2H3/p+1/t17-/m1/s1. The van der Waals surface area contributed by atoms with Crippen LogP contribution in [-0.4, -0.2) is 50.6 Å². The second-order valence-corrected chi connectivity index (χ2v) is 6.68. The summed E-state index contributed by atoms with van der Waals surface area (Å²) in [6.07, 6.45) is 0. The Kier molecular flexibility index (Phi) is 6.12. The molecule has 2 aromatic carbocycles. The summed E-state index contributed by atoms with van der Waals surface area (Å²) in [5.74, 6) is 1.10. The predicted molar refractivity (Wildman–Crippen MR) is 103 cm³/mol. The van der Waals surface area contributed by atoms with Crippen LogP contribution in [0.2, 0.25) is 0 Å². The lowest BCUT2D eigenvalue weighted by Gasteiger charge is -2.36. The highest BCUT2D eigenvalue weighted by atomic mass is 16.5. The predicted octanol–water partition coefficient (Wildman–Crippen LogP) is 1.67. The van der Waals surface area contributed by atoms with Gasteiger partial charge in [-0.3, -0.25) is 4.79 Å². The second-order valence-electron chi connectivity index (χ2n) is 6.68. The minimum Gasteiger partial charge on any atom is -0.495 e. The number of quaternary nitrogens is 1. The van der Waals surface area contributed by atoms with Crippen LogP contribution in [0.5, 0.6) is 5.75 Å². The van der Waals surface area contributed by atoms with Crippen LogP contribution in [0.1, 0.15) is 18.5 Å². The fourth-order valence-corrected chi connectivity index (χ4v) is 3.39. The van der Waals surface area contributed by atoms with Gasteiger partial charge in [0.2, 0.25) is 0 Å². The van der Waals surface area contributed by atoms with E-state index in [1.54, 1.807) is 7.11 Å². The third-order valence-corrected chi connectivity index (χ3v) is 5.03. The van der Waals surface area contributed by atoms with Gasteiger partial charge in [0.15, 0.2) is 6.54 Å². The maximum absolute atomic E-state index is 12.6. The number of nitrogens with zero attached hydrogens (tertiary/aromatic N) is 2. The van der Waals surface area contributed by atoms with Crippen LogP contribution < -0.4 is 15.0 Å². The summed E-state index contributed by atoms with van der Waals surface area (Å²) in [4.78, 5) is 16.8. The number of methoxy groups -OCH3 is 1. The lowest BCUT2D eigenvalue weighted by atomic mass is 10.1. The number of rotatable bonds is 6. The van der Waals surface area contributed by atoms with Crippen molar-refractivity contribution in [2.45, 2.75) is 13.0 Å². The van der Waals surface area contributed by atoms with E-state index in [4.69, 9.17) is 4.74 Å². The Morgan fingerprint density at radius 2 is 1.69 bits per heavy atom. The molecule has 2 N–H and O–H groups in total. The van der Waals surface area contributed by atoms with Crippen molar-refractivity contribution in [1.29, 1.82) is 0 Å². The highest BCUT2D eigenvalue weighted by Crippen LogP contribution is 2.28. The van der Waals surface area contributed by atoms with Crippen LogP contribution >= 0.6 is 0 Å². The SMILES string of the molecule is COc1ccccc1N1CCN(C(=O)C[NH2+][C@H](C)c2ccccc2)CC1. The van der Waals surface area contributed by atoms with Crippen molar-refractivity contribution in [1.82, 2.24) is 4.90 Å². The highest BCUT2D eigenvalue weighted by molar-refractivity contribution is 5.77. The molecule has 1 aliphatic rings. The number of anilines is 1. The topological polar surface area (TPSA) is 49.4 Å². The van der Waals surface area contributed by atoms with E-state index >= 15 is 0 Å². The Morgan fingerprint density at radius 3 is 2.38 bits per heavy atom. The van der Waals surface area contributed by atoms with Gasteiger partial charge in [-0.1, -0.05) is 42.5 Å². The van der Waals surface area contributed by atoms with Gasteiger partial charge in [0.1, 0.15) is 11.8 Å². The summed E-state index contributed by atoms with van der Waals surface area (Å²) in [5, 5.41) is 2.12. The molecule has 138 valence electrons. The molecule has 0 aromatic heterocycles. The van der Waals surface area contributed by atoms with Crippen molar-refractivity contribution in [3.63, 3.8) is 0 Å². The van der Waals surface area contributed by atoms with Crippen molar-refractivity contribution in [3.8, 4) is 5.75 Å². The lowest BCUT2D eigenvalue weighted by molar-refractivity contribution is -0.683. The normalized spacial score (nSPS) is 15.6. The average Bonchev–Trinajstić information content (AvgIpc) is 2.72. The van der Waals surface area contributed by atoms with Gasteiger partial charge in [-0.2, -0.15) is 0 Å². The van der Waals surface area contributed by atoms with E-state index in [-0.39, 0.29) is 11.9 Å². The number of amides is 1. The van der Waals surface area contributed by atoms with E-state index in [1.165, 1.54) is 5.56 Å². The summed E-state index contributed by atoms with van der Waals surface area (Å²) in [7, 11) is 1.70. The summed E-state index contributed by atoms with van der Waals surface area (Å²) in [6, 6.07) is 18.7. The Morgan fingerprint density at radius 1 is 1.04 bits per heavy atom. The fourth-order valence-electron chi connectivity index (χ4n) is 3.39. The molecule has 26 heavy (non-hydrogen) atoms. The molecule has 0 spiro atoms. The number of para-hydroxylation sites is 2. The number of nitrogens with two attached hydrogens (primary N) is 1. The first kappa shape index (κ1) is 18.3. The first-order valence-electron chi connectivity index (χ1n) is 9.23. The van der Waals surface area contributed by atoms with Crippen molar-refractivity contribution in [2.75, 3.05) is 44.7 Å². The molecule has 1 fully saturated rings. The van der Waals surface area contributed by atoms with Gasteiger partial charge in [-0.05, 0) is 19.1 Å². The van der Waals surface area contributed by atoms with Crippen LogP contribution in [0.4, 0.5) is 5.69 Å². The molecular formula is C21H28N3O2+. The molecule has 1 saturated heterocycles. The third kappa shape index (κ3) is 4.35. The number of ether oxygens (including phenoxy) is 1. The number of carbonyl (C=O) groups excluding carboxylic acids is 1. The van der Waals surface area contributed by atoms with Crippen molar-refractivity contribution >= 4 is 11.6 Å². The van der Waals surface area contributed by atoms with Crippen molar-refractivity contribution in [3.05, 3.63) is 60.2 Å². The Bertz CT molecular complexity index is 712. The Labute approximate surface area is 155 Å². The molecule has 1 atom stereocenters. The van der Waals surface area contributed by atoms with Crippen molar-refractivity contribution < 1.29 is 14.8 Å². The van der Waals surface area contributed by atoms with Gasteiger partial charge < -0.3 is 19.9 Å². The molecule has 2 aromatic rings. The van der Waals surface area contributed by atoms with Crippen LogP contribution in [-0.2, 0) is 4.79 Å². The average molecular weight is 354 g/mol. The van der Waals surface area contributed by atoms with Crippen LogP contribution in [0.15, 0.2) is 54.6 Å². The van der Waals surface area contributed by atoms with Gasteiger partial charge in [-0.15, -0.1) is 0 Å². The molecule has 1 aliphatic heterocycles. The summed E-state index contributed by atoms with van der Waals surface area (Å²) < 4.78 is 5.45. The zero-order valence-corrected chi connectivity index (χ0v) is 15.6. The van der Waals surface area contributed by atoms with E-state index in [1.807, 2.05) is 41.3 Å². The van der Waals surface area contributed by atoms with E-state index in [0.717, 1.165) is 37.6 Å². The Hall–Kier alpha value is -2.53. The number of benzene rings is 2. The third-order valence-electron chi connectivity index (χ3n) is 5.03. The maximum Gasteiger partial charge on any atom is 0.277 e. The van der Waals surface area contributed by atoms with Crippen LogP contribution in [0.25, 0.3) is 0 Å². The molecule has 0 bridgehead atoms. The fraction of sp³-hybridized carbons (Fsp3) is 0.381. The smallest absolute Gasteiger partial charge is 0.277 e. The first-order chi connectivity index (χ1) is 12.7. The van der Waals surface area contributed by atoms with Crippen molar-refractivity contribution in [2.24, 2.45) is 0 Å². The van der Waals surface area contributed by atoms with Gasteiger partial charge in [-0.25, -0.2) is 0 Å². The highest BCUT2D eigenvalue weighted by Gasteiger charge is 2.24. The van der Waals surface area contributed by atoms with E-state index in [2.05, 4.69) is 35.3 Å². The van der Waals surface area contributed by atoms with Crippen LogP contribution in [0.3, 0.4) is 0 Å². The lowest BCUT2D eigenvalue weighted by Crippen LogP contribution is -2.87. The van der Waals surface area contributed by atoms with E-state index in [9.17, 15) is 4.79 Å². The van der Waals surface area contributed by atoms with Gasteiger partial charge >= 0.3 is 0 Å². The first-order valence-corrected chi connectivity index (χ1v) is 9.23. The molecule has 0 radical (unpaired) electrons. The molecule has 5 nitrogen and oxygen atoms in total. The van der Waals surface area contributed by atoms with Crippen LogP contribution in [0, 0.1) is 0 Å². The largest absolute Gasteiger partial charge is 0.495 e. The molecule has 0 saturated carbocycles. The van der Waals surface area contributed by atoms with E-state index < -0.39 is 0 Å². The van der Waals surface area contributed by atoms with E-state index in [0.29, 0.717) is 6.54 Å². The van der Waals surface area contributed by atoms with Gasteiger partial charge in [0.05, 0.1) is 12.8 Å². The molecule has 0 aliphatic carbocycles. The Balaban J connectivity index is 1.49. The van der Waals surface area contributed by atoms with Gasteiger partial charge in [0.25, 0.3) is 5.91 Å². The van der Waals surface area contributed by atoms with Gasteiger partial charge in [0, 0.05) is 31.7 Å². The molecule has 3 rings (SSSR count). The molecular weight excluding hydrogens is 326 g/mol. The molecule has 5 heteroatoms. The number of piperazine rings is 1. The molecule has 1 amide bonds. The number of carbonyl (C=O) groups is 1. The quantitative estimate of drug-likeness (QED) is 0.858. The number of hydrogen-bond acceptors (Lipinski definition) is 3. The molecule has 1 heterocycles. The maximum atomic E-state index is 12.6. The second kappa shape index (κ2) is 8.72. The minimum atomic E-state index is 0.215. The minimum absolute atomic E-state index is 0.215. The summed E-state index contributed by atoms with van der Waals surface area (Å²) >= 11 is 0. The zero-order chi connectivity index (χ0) is 18.4. The molecule has 0 unspecified atom stereocenters. The monoisotopic (exact) mass is 354 g/mol. The summed E-state index contributed by atoms with van der Waals surface area (Å²) in [6.45, 7) is 5.81.